The molecule has 0 aliphatic carbocycles. The third-order valence-electron chi connectivity index (χ3n) is 7.16. The number of amides is 3. The van der Waals surface area contributed by atoms with Gasteiger partial charge in [-0.3, -0.25) is 14.4 Å². The van der Waals surface area contributed by atoms with Gasteiger partial charge in [-0.05, 0) is 43.9 Å². The number of rotatable bonds is 14. The first-order valence-electron chi connectivity index (χ1n) is 14.2. The number of unbranched alkanes of at least 4 members (excludes halogenated alkanes) is 7. The van der Waals surface area contributed by atoms with Gasteiger partial charge in [0.15, 0.2) is 0 Å². The summed E-state index contributed by atoms with van der Waals surface area (Å²) in [7, 11) is 0. The lowest BCUT2D eigenvalue weighted by atomic mass is 10.1. The lowest BCUT2D eigenvalue weighted by Crippen LogP contribution is -2.32. The second kappa shape index (κ2) is 17.8. The van der Waals surface area contributed by atoms with Crippen LogP contribution in [-0.2, 0) is 4.79 Å². The summed E-state index contributed by atoms with van der Waals surface area (Å²) in [5, 5.41) is 3.22. The normalized spacial score (nSPS) is 15.2. The summed E-state index contributed by atoms with van der Waals surface area (Å²) in [5.74, 6) is -0.696. The maximum atomic E-state index is 12.7. The second-order valence-corrected chi connectivity index (χ2v) is 10.2. The third-order valence-corrected chi connectivity index (χ3v) is 7.16. The molecule has 1 aromatic carbocycles. The number of anilines is 1. The number of hydrogen-bond acceptors (Lipinski definition) is 4. The van der Waals surface area contributed by atoms with Gasteiger partial charge in [0.05, 0.1) is 5.56 Å². The van der Waals surface area contributed by atoms with E-state index < -0.39 is 11.8 Å². The Morgan fingerprint density at radius 3 is 1.78 bits per heavy atom. The molecule has 0 radical (unpaired) electrons. The highest BCUT2D eigenvalue weighted by Crippen LogP contribution is 2.18. The van der Waals surface area contributed by atoms with Crippen molar-refractivity contribution < 1.29 is 14.4 Å². The Hall–Kier alpha value is -2.57. The first-order chi connectivity index (χ1) is 17.5. The van der Waals surface area contributed by atoms with Crippen LogP contribution in [0.1, 0.15) is 130 Å². The Morgan fingerprint density at radius 2 is 1.22 bits per heavy atom. The predicted molar refractivity (Wildman–Crippen MR) is 147 cm³/mol. The van der Waals surface area contributed by atoms with Gasteiger partial charge in [0.25, 0.3) is 5.91 Å². The smallest absolute Gasteiger partial charge is 0.250 e. The van der Waals surface area contributed by atoms with Gasteiger partial charge in [-0.1, -0.05) is 77.0 Å². The lowest BCUT2D eigenvalue weighted by Gasteiger charge is -2.22. The molecule has 202 valence electrons. The van der Waals surface area contributed by atoms with Crippen molar-refractivity contribution in [3.8, 4) is 0 Å². The average Bonchev–Trinajstić information content (AvgIpc) is 2.92. The SMILES string of the molecule is NC(=O)c1ccc(C(N)=O)c(NCCCCCCCCCCC(=O)N2CCCCCCCCCC2)c1. The van der Waals surface area contributed by atoms with E-state index in [0.717, 1.165) is 51.6 Å². The van der Waals surface area contributed by atoms with Crippen molar-refractivity contribution >= 4 is 23.4 Å². The van der Waals surface area contributed by atoms with Crippen molar-refractivity contribution in [1.29, 1.82) is 0 Å². The molecule has 1 aliphatic heterocycles. The Labute approximate surface area is 217 Å². The largest absolute Gasteiger partial charge is 0.384 e. The zero-order valence-corrected chi connectivity index (χ0v) is 22.2. The minimum Gasteiger partial charge on any atom is -0.384 e. The number of nitrogens with zero attached hydrogens (tertiary/aromatic N) is 1. The number of hydrogen-bond donors (Lipinski definition) is 3. The van der Waals surface area contributed by atoms with Crippen molar-refractivity contribution in [1.82, 2.24) is 4.90 Å². The zero-order chi connectivity index (χ0) is 26.0. The summed E-state index contributed by atoms with van der Waals surface area (Å²) in [6.45, 7) is 2.61. The Balaban J connectivity index is 1.52. The zero-order valence-electron chi connectivity index (χ0n) is 22.2. The van der Waals surface area contributed by atoms with Crippen LogP contribution < -0.4 is 16.8 Å². The van der Waals surface area contributed by atoms with Gasteiger partial charge in [0.1, 0.15) is 0 Å². The maximum absolute atomic E-state index is 12.7. The van der Waals surface area contributed by atoms with E-state index in [1.54, 1.807) is 6.07 Å². The molecular formula is C29H48N4O3. The molecule has 0 bridgehead atoms. The summed E-state index contributed by atoms with van der Waals surface area (Å²) in [5.41, 5.74) is 12.0. The average molecular weight is 501 g/mol. The van der Waals surface area contributed by atoms with Crippen LogP contribution in [0.4, 0.5) is 5.69 Å². The fourth-order valence-corrected chi connectivity index (χ4v) is 4.93. The van der Waals surface area contributed by atoms with Gasteiger partial charge in [-0.2, -0.15) is 0 Å². The Kier molecular flexibility index (Phi) is 14.7. The molecule has 1 fully saturated rings. The predicted octanol–water partition coefficient (Wildman–Crippen LogP) is 5.77. The second-order valence-electron chi connectivity index (χ2n) is 10.2. The summed E-state index contributed by atoms with van der Waals surface area (Å²) in [4.78, 5) is 37.8. The van der Waals surface area contributed by atoms with E-state index in [0.29, 0.717) is 35.7 Å². The van der Waals surface area contributed by atoms with Crippen molar-refractivity contribution in [3.05, 3.63) is 29.3 Å². The Bertz CT molecular complexity index is 800. The molecule has 0 saturated carbocycles. The number of primary amides is 2. The first kappa shape index (κ1) is 29.7. The first-order valence-corrected chi connectivity index (χ1v) is 14.2. The van der Waals surface area contributed by atoms with Crippen molar-refractivity contribution in [2.24, 2.45) is 11.5 Å². The van der Waals surface area contributed by atoms with E-state index in [9.17, 15) is 14.4 Å². The van der Waals surface area contributed by atoms with E-state index in [1.807, 2.05) is 0 Å². The van der Waals surface area contributed by atoms with Crippen molar-refractivity contribution in [3.63, 3.8) is 0 Å². The van der Waals surface area contributed by atoms with Gasteiger partial charge in [0.2, 0.25) is 11.8 Å². The molecule has 1 heterocycles. The van der Waals surface area contributed by atoms with Crippen LogP contribution in [0.5, 0.6) is 0 Å². The number of nitrogens with two attached hydrogens (primary N) is 2. The number of nitrogens with one attached hydrogen (secondary N) is 1. The fraction of sp³-hybridized carbons (Fsp3) is 0.690. The fourth-order valence-electron chi connectivity index (χ4n) is 4.93. The number of benzene rings is 1. The van der Waals surface area contributed by atoms with E-state index in [-0.39, 0.29) is 0 Å². The minimum absolute atomic E-state index is 0.354. The molecule has 1 saturated heterocycles. The third kappa shape index (κ3) is 11.9. The quantitative estimate of drug-likeness (QED) is 0.281. The summed E-state index contributed by atoms with van der Waals surface area (Å²) in [6, 6.07) is 4.64. The van der Waals surface area contributed by atoms with Crippen LogP contribution in [-0.4, -0.2) is 42.3 Å². The summed E-state index contributed by atoms with van der Waals surface area (Å²) >= 11 is 0. The standard InChI is InChI=1S/C29H48N4O3/c30-28(35)24-18-19-25(29(31)36)26(23-24)32-20-14-10-6-2-1-5-9-13-17-27(34)33-21-15-11-7-3-4-8-12-16-22-33/h18-19,23,32H,1-17,20-22H2,(H2,30,35)(H2,31,36). The van der Waals surface area contributed by atoms with Crippen LogP contribution in [0.25, 0.3) is 0 Å². The molecule has 7 heteroatoms. The van der Waals surface area contributed by atoms with E-state index in [1.165, 1.54) is 76.3 Å². The molecule has 0 unspecified atom stereocenters. The Morgan fingerprint density at radius 1 is 0.694 bits per heavy atom. The highest BCUT2D eigenvalue weighted by atomic mass is 16.2. The highest BCUT2D eigenvalue weighted by Gasteiger charge is 2.13. The van der Waals surface area contributed by atoms with Gasteiger partial charge >= 0.3 is 0 Å². The number of carbonyl (C=O) groups is 3. The molecule has 36 heavy (non-hydrogen) atoms. The maximum Gasteiger partial charge on any atom is 0.250 e. The van der Waals surface area contributed by atoms with Gasteiger partial charge in [-0.15, -0.1) is 0 Å². The monoisotopic (exact) mass is 500 g/mol. The minimum atomic E-state index is -0.531. The summed E-state index contributed by atoms with van der Waals surface area (Å²) in [6.07, 6.45) is 19.9. The van der Waals surface area contributed by atoms with Crippen LogP contribution >= 0.6 is 0 Å². The van der Waals surface area contributed by atoms with E-state index in [4.69, 9.17) is 11.5 Å². The number of carbonyl (C=O) groups excluding carboxylic acids is 3. The molecule has 1 aromatic rings. The van der Waals surface area contributed by atoms with Crippen molar-refractivity contribution in [2.75, 3.05) is 25.0 Å². The molecule has 5 N–H and O–H groups in total. The molecule has 1 aliphatic rings. The molecule has 0 aromatic heterocycles. The van der Waals surface area contributed by atoms with Crippen LogP contribution in [0.15, 0.2) is 18.2 Å². The molecule has 7 nitrogen and oxygen atoms in total. The van der Waals surface area contributed by atoms with Crippen molar-refractivity contribution in [2.45, 2.75) is 109 Å². The molecular weight excluding hydrogens is 452 g/mol. The summed E-state index contributed by atoms with van der Waals surface area (Å²) < 4.78 is 0. The van der Waals surface area contributed by atoms with E-state index in [2.05, 4.69) is 10.2 Å². The van der Waals surface area contributed by atoms with Gasteiger partial charge < -0.3 is 21.7 Å². The lowest BCUT2D eigenvalue weighted by molar-refractivity contribution is -0.131. The van der Waals surface area contributed by atoms with Gasteiger partial charge in [-0.25, -0.2) is 0 Å². The van der Waals surface area contributed by atoms with Crippen LogP contribution in [0.2, 0.25) is 0 Å². The van der Waals surface area contributed by atoms with Crippen LogP contribution in [0.3, 0.4) is 0 Å². The molecule has 3 amide bonds. The topological polar surface area (TPSA) is 119 Å². The molecule has 0 spiro atoms. The molecule has 2 rings (SSSR count). The van der Waals surface area contributed by atoms with E-state index >= 15 is 0 Å². The highest BCUT2D eigenvalue weighted by molar-refractivity contribution is 6.01. The van der Waals surface area contributed by atoms with Crippen LogP contribution in [0, 0.1) is 0 Å². The van der Waals surface area contributed by atoms with Gasteiger partial charge in [0, 0.05) is 37.3 Å². The molecule has 0 atom stereocenters.